The van der Waals surface area contributed by atoms with Crippen molar-refractivity contribution in [2.24, 2.45) is 0 Å². The van der Waals surface area contributed by atoms with E-state index in [2.05, 4.69) is 5.32 Å². The van der Waals surface area contributed by atoms with Gasteiger partial charge in [0.2, 0.25) is 15.9 Å². The van der Waals surface area contributed by atoms with Gasteiger partial charge in [-0.1, -0.05) is 46.9 Å². The SMILES string of the molecule is Cc1ccc(N(CC(=O)Nc2c(Cl)cccc2Cl)S(C)(=O)=O)cc1Cl. The van der Waals surface area contributed by atoms with Crippen molar-refractivity contribution in [2.45, 2.75) is 6.92 Å². The van der Waals surface area contributed by atoms with E-state index in [9.17, 15) is 13.2 Å². The van der Waals surface area contributed by atoms with Crippen LogP contribution in [0.3, 0.4) is 0 Å². The standard InChI is InChI=1S/C16H15Cl3N2O3S/c1-10-6-7-11(8-14(10)19)21(25(2,23)24)9-15(22)20-16-12(17)4-3-5-13(16)18/h3-8H,9H2,1-2H3,(H,20,22). The maximum atomic E-state index is 12.3. The number of halogens is 3. The molecule has 0 aliphatic rings. The van der Waals surface area contributed by atoms with Crippen molar-refractivity contribution in [3.63, 3.8) is 0 Å². The number of nitrogens with zero attached hydrogens (tertiary/aromatic N) is 1. The fraction of sp³-hybridized carbons (Fsp3) is 0.188. The number of rotatable bonds is 5. The number of amides is 1. The second-order valence-electron chi connectivity index (χ2n) is 5.35. The Morgan fingerprint density at radius 3 is 2.20 bits per heavy atom. The van der Waals surface area contributed by atoms with Crippen molar-refractivity contribution in [3.05, 3.63) is 57.0 Å². The fourth-order valence-electron chi connectivity index (χ4n) is 2.06. The van der Waals surface area contributed by atoms with E-state index in [0.29, 0.717) is 10.7 Å². The van der Waals surface area contributed by atoms with Gasteiger partial charge in [0.15, 0.2) is 0 Å². The van der Waals surface area contributed by atoms with Crippen molar-refractivity contribution >= 4 is 62.1 Å². The Labute approximate surface area is 161 Å². The summed E-state index contributed by atoms with van der Waals surface area (Å²) in [4.78, 5) is 12.3. The smallest absolute Gasteiger partial charge is 0.245 e. The van der Waals surface area contributed by atoms with Crippen LogP contribution >= 0.6 is 34.8 Å². The van der Waals surface area contributed by atoms with Gasteiger partial charge in [-0.3, -0.25) is 9.10 Å². The van der Waals surface area contributed by atoms with Gasteiger partial charge >= 0.3 is 0 Å². The van der Waals surface area contributed by atoms with Crippen LogP contribution < -0.4 is 9.62 Å². The third kappa shape index (κ3) is 5.01. The first-order chi connectivity index (χ1) is 11.6. The molecule has 0 aliphatic carbocycles. The van der Waals surface area contributed by atoms with Gasteiger partial charge < -0.3 is 5.32 Å². The molecule has 1 amide bonds. The number of hydrogen-bond donors (Lipinski definition) is 1. The zero-order valence-electron chi connectivity index (χ0n) is 13.4. The van der Waals surface area contributed by atoms with Crippen LogP contribution in [-0.4, -0.2) is 27.1 Å². The highest BCUT2D eigenvalue weighted by Crippen LogP contribution is 2.30. The van der Waals surface area contributed by atoms with E-state index in [1.807, 2.05) is 0 Å². The van der Waals surface area contributed by atoms with E-state index in [4.69, 9.17) is 34.8 Å². The Morgan fingerprint density at radius 2 is 1.68 bits per heavy atom. The van der Waals surface area contributed by atoms with E-state index in [-0.39, 0.29) is 15.7 Å². The van der Waals surface area contributed by atoms with Gasteiger partial charge in [0.1, 0.15) is 6.54 Å². The molecule has 2 aromatic rings. The average molecular weight is 422 g/mol. The minimum absolute atomic E-state index is 0.228. The largest absolute Gasteiger partial charge is 0.322 e. The number of para-hydroxylation sites is 1. The molecule has 0 spiro atoms. The van der Waals surface area contributed by atoms with Gasteiger partial charge in [-0.15, -0.1) is 0 Å². The first-order valence-electron chi connectivity index (χ1n) is 7.07. The average Bonchev–Trinajstić information content (AvgIpc) is 2.50. The number of nitrogens with one attached hydrogen (secondary N) is 1. The molecule has 9 heteroatoms. The number of sulfonamides is 1. The van der Waals surface area contributed by atoms with Crippen LogP contribution in [0.2, 0.25) is 15.1 Å². The van der Waals surface area contributed by atoms with Crippen molar-refractivity contribution in [1.29, 1.82) is 0 Å². The lowest BCUT2D eigenvalue weighted by atomic mass is 10.2. The summed E-state index contributed by atoms with van der Waals surface area (Å²) in [5, 5.41) is 3.45. The molecule has 0 aromatic heterocycles. The van der Waals surface area contributed by atoms with E-state index in [1.54, 1.807) is 37.3 Å². The highest BCUT2D eigenvalue weighted by atomic mass is 35.5. The number of carbonyl (C=O) groups excluding carboxylic acids is 1. The molecule has 0 atom stereocenters. The lowest BCUT2D eigenvalue weighted by Gasteiger charge is -2.22. The lowest BCUT2D eigenvalue weighted by Crippen LogP contribution is -2.37. The predicted octanol–water partition coefficient (Wildman–Crippen LogP) is 4.36. The normalized spacial score (nSPS) is 11.2. The molecule has 0 saturated carbocycles. The summed E-state index contributed by atoms with van der Waals surface area (Å²) in [7, 11) is -3.71. The molecule has 0 unspecified atom stereocenters. The van der Waals surface area contributed by atoms with E-state index < -0.39 is 22.5 Å². The molecule has 0 heterocycles. The molecule has 1 N–H and O–H groups in total. The summed E-state index contributed by atoms with van der Waals surface area (Å²) in [5.41, 5.74) is 1.32. The summed E-state index contributed by atoms with van der Waals surface area (Å²) < 4.78 is 25.2. The first-order valence-corrected chi connectivity index (χ1v) is 10.1. The molecule has 0 fully saturated rings. The summed E-state index contributed by atoms with van der Waals surface area (Å²) >= 11 is 18.1. The number of aryl methyl sites for hydroxylation is 1. The van der Waals surface area contributed by atoms with Gasteiger partial charge in [0.25, 0.3) is 0 Å². The topological polar surface area (TPSA) is 66.5 Å². The molecule has 5 nitrogen and oxygen atoms in total. The van der Waals surface area contributed by atoms with Gasteiger partial charge in [-0.25, -0.2) is 8.42 Å². The maximum Gasteiger partial charge on any atom is 0.245 e. The van der Waals surface area contributed by atoms with Crippen molar-refractivity contribution in [2.75, 3.05) is 22.4 Å². The number of benzene rings is 2. The molecule has 0 saturated heterocycles. The minimum Gasteiger partial charge on any atom is -0.322 e. The minimum atomic E-state index is -3.71. The quantitative estimate of drug-likeness (QED) is 0.780. The van der Waals surface area contributed by atoms with Crippen LogP contribution in [0, 0.1) is 6.92 Å². The summed E-state index contributed by atoms with van der Waals surface area (Å²) in [5.74, 6) is -0.586. The van der Waals surface area contributed by atoms with Crippen LogP contribution in [0.5, 0.6) is 0 Å². The molecule has 0 radical (unpaired) electrons. The van der Waals surface area contributed by atoms with Gasteiger partial charge in [0.05, 0.1) is 27.7 Å². The zero-order valence-corrected chi connectivity index (χ0v) is 16.5. The third-order valence-corrected chi connectivity index (χ3v) is 5.54. The summed E-state index contributed by atoms with van der Waals surface area (Å²) in [6.07, 6.45) is 1.01. The van der Waals surface area contributed by atoms with Gasteiger partial charge in [-0.05, 0) is 36.8 Å². The second kappa shape index (κ2) is 7.83. The van der Waals surface area contributed by atoms with E-state index in [1.165, 1.54) is 6.07 Å². The second-order valence-corrected chi connectivity index (χ2v) is 8.48. The molecule has 2 rings (SSSR count). The number of carbonyl (C=O) groups is 1. The van der Waals surface area contributed by atoms with Crippen LogP contribution in [0.25, 0.3) is 0 Å². The highest BCUT2D eigenvalue weighted by molar-refractivity contribution is 7.92. The van der Waals surface area contributed by atoms with Crippen molar-refractivity contribution < 1.29 is 13.2 Å². The van der Waals surface area contributed by atoms with E-state index in [0.717, 1.165) is 16.1 Å². The fourth-order valence-corrected chi connectivity index (χ4v) is 3.58. The Hall–Kier alpha value is -1.47. The van der Waals surface area contributed by atoms with Crippen LogP contribution in [0.1, 0.15) is 5.56 Å². The molecule has 25 heavy (non-hydrogen) atoms. The predicted molar refractivity (Wildman–Crippen MR) is 103 cm³/mol. The Bertz CT molecular complexity index is 897. The summed E-state index contributed by atoms with van der Waals surface area (Å²) in [6.45, 7) is 1.35. The lowest BCUT2D eigenvalue weighted by molar-refractivity contribution is -0.114. The Balaban J connectivity index is 2.29. The molecule has 0 aliphatic heterocycles. The van der Waals surface area contributed by atoms with Crippen molar-refractivity contribution in [3.8, 4) is 0 Å². The molecule has 134 valence electrons. The third-order valence-electron chi connectivity index (χ3n) is 3.36. The Kier molecular flexibility index (Phi) is 6.21. The summed E-state index contributed by atoms with van der Waals surface area (Å²) in [6, 6.07) is 9.52. The first kappa shape index (κ1) is 19.8. The monoisotopic (exact) mass is 420 g/mol. The van der Waals surface area contributed by atoms with Gasteiger partial charge in [-0.2, -0.15) is 0 Å². The zero-order chi connectivity index (χ0) is 18.8. The molecule has 2 aromatic carbocycles. The molecule has 0 bridgehead atoms. The van der Waals surface area contributed by atoms with Crippen LogP contribution in [-0.2, 0) is 14.8 Å². The maximum absolute atomic E-state index is 12.3. The number of anilines is 2. The van der Waals surface area contributed by atoms with Gasteiger partial charge in [0, 0.05) is 5.02 Å². The number of hydrogen-bond acceptors (Lipinski definition) is 3. The van der Waals surface area contributed by atoms with Crippen LogP contribution in [0.15, 0.2) is 36.4 Å². The molecular weight excluding hydrogens is 407 g/mol. The highest BCUT2D eigenvalue weighted by Gasteiger charge is 2.22. The van der Waals surface area contributed by atoms with E-state index >= 15 is 0 Å². The van der Waals surface area contributed by atoms with Crippen molar-refractivity contribution in [1.82, 2.24) is 0 Å². The molecular formula is C16H15Cl3N2O3S. The van der Waals surface area contributed by atoms with Crippen LogP contribution in [0.4, 0.5) is 11.4 Å². The Morgan fingerprint density at radius 1 is 1.08 bits per heavy atom.